The molecule has 1 heterocycles. The van der Waals surface area contributed by atoms with E-state index >= 15 is 0 Å². The molecule has 0 spiro atoms. The van der Waals surface area contributed by atoms with Crippen LogP contribution in [0, 0.1) is 6.92 Å². The molecule has 7 nitrogen and oxygen atoms in total. The number of anilines is 1. The number of nitrogens with one attached hydrogen (secondary N) is 1. The third-order valence-corrected chi connectivity index (χ3v) is 4.91. The standard InChI is InChI=1S/C21H23N3O4S/c1-4-26-17-11-10-15(12-18(17)27-5-2)23-21(25)16-8-6-7-9-19(16)29-13-20-22-14(3)24-28-20/h6-12H,4-5,13H2,1-3H3,(H,23,25). The van der Waals surface area contributed by atoms with Gasteiger partial charge in [-0.1, -0.05) is 17.3 Å². The predicted molar refractivity (Wildman–Crippen MR) is 112 cm³/mol. The summed E-state index contributed by atoms with van der Waals surface area (Å²) in [4.78, 5) is 17.9. The van der Waals surface area contributed by atoms with Crippen molar-refractivity contribution in [2.75, 3.05) is 18.5 Å². The highest BCUT2D eigenvalue weighted by Gasteiger charge is 2.14. The van der Waals surface area contributed by atoms with E-state index in [2.05, 4.69) is 15.5 Å². The maximum atomic E-state index is 12.9. The lowest BCUT2D eigenvalue weighted by Crippen LogP contribution is -2.13. The highest BCUT2D eigenvalue weighted by molar-refractivity contribution is 7.98. The van der Waals surface area contributed by atoms with Crippen LogP contribution in [-0.2, 0) is 5.75 Å². The Kier molecular flexibility index (Phi) is 7.13. The first-order valence-electron chi connectivity index (χ1n) is 9.32. The molecule has 0 aliphatic rings. The van der Waals surface area contributed by atoms with Crippen molar-refractivity contribution in [3.8, 4) is 11.5 Å². The lowest BCUT2D eigenvalue weighted by Gasteiger charge is -2.14. The van der Waals surface area contributed by atoms with E-state index in [9.17, 15) is 4.79 Å². The van der Waals surface area contributed by atoms with E-state index in [0.29, 0.717) is 53.4 Å². The number of thioether (sulfide) groups is 1. The van der Waals surface area contributed by atoms with Crippen molar-refractivity contribution in [2.45, 2.75) is 31.4 Å². The van der Waals surface area contributed by atoms with E-state index in [4.69, 9.17) is 14.0 Å². The molecule has 0 radical (unpaired) electrons. The van der Waals surface area contributed by atoms with Crippen LogP contribution in [0.4, 0.5) is 5.69 Å². The van der Waals surface area contributed by atoms with Crippen LogP contribution in [0.25, 0.3) is 0 Å². The molecule has 152 valence electrons. The van der Waals surface area contributed by atoms with Gasteiger partial charge in [-0.2, -0.15) is 4.98 Å². The maximum absolute atomic E-state index is 12.9. The summed E-state index contributed by atoms with van der Waals surface area (Å²) < 4.78 is 16.3. The first-order chi connectivity index (χ1) is 14.1. The smallest absolute Gasteiger partial charge is 0.256 e. The minimum Gasteiger partial charge on any atom is -0.490 e. The minimum absolute atomic E-state index is 0.207. The molecule has 3 rings (SSSR count). The number of hydrogen-bond donors (Lipinski definition) is 1. The van der Waals surface area contributed by atoms with Gasteiger partial charge in [-0.15, -0.1) is 11.8 Å². The Labute approximate surface area is 173 Å². The van der Waals surface area contributed by atoms with Crippen LogP contribution >= 0.6 is 11.8 Å². The van der Waals surface area contributed by atoms with E-state index in [1.54, 1.807) is 31.2 Å². The lowest BCUT2D eigenvalue weighted by atomic mass is 10.2. The van der Waals surface area contributed by atoms with Crippen molar-refractivity contribution in [1.82, 2.24) is 10.1 Å². The first-order valence-corrected chi connectivity index (χ1v) is 10.3. The molecule has 0 atom stereocenters. The van der Waals surface area contributed by atoms with Crippen LogP contribution in [0.2, 0.25) is 0 Å². The first kappa shape index (κ1) is 20.7. The van der Waals surface area contributed by atoms with E-state index in [1.165, 1.54) is 11.8 Å². The van der Waals surface area contributed by atoms with Crippen LogP contribution in [-0.4, -0.2) is 29.3 Å². The summed E-state index contributed by atoms with van der Waals surface area (Å²) >= 11 is 1.47. The molecule has 1 aromatic heterocycles. The molecule has 0 aliphatic carbocycles. The Bertz CT molecular complexity index is 974. The molecule has 0 unspecified atom stereocenters. The highest BCUT2D eigenvalue weighted by Crippen LogP contribution is 2.31. The second-order valence-electron chi connectivity index (χ2n) is 6.00. The number of rotatable bonds is 9. The summed E-state index contributed by atoms with van der Waals surface area (Å²) in [7, 11) is 0. The highest BCUT2D eigenvalue weighted by atomic mass is 32.2. The monoisotopic (exact) mass is 413 g/mol. The maximum Gasteiger partial charge on any atom is 0.256 e. The normalized spacial score (nSPS) is 10.6. The van der Waals surface area contributed by atoms with Crippen molar-refractivity contribution in [3.63, 3.8) is 0 Å². The van der Waals surface area contributed by atoms with Crippen molar-refractivity contribution < 1.29 is 18.8 Å². The summed E-state index contributed by atoms with van der Waals surface area (Å²) in [6.07, 6.45) is 0. The van der Waals surface area contributed by atoms with Gasteiger partial charge < -0.3 is 19.3 Å². The van der Waals surface area contributed by atoms with Gasteiger partial charge in [0.2, 0.25) is 5.89 Å². The van der Waals surface area contributed by atoms with Gasteiger partial charge in [-0.05, 0) is 45.0 Å². The number of aromatic nitrogens is 2. The zero-order chi connectivity index (χ0) is 20.6. The number of aryl methyl sites for hydroxylation is 1. The Morgan fingerprint density at radius 1 is 1.10 bits per heavy atom. The van der Waals surface area contributed by atoms with Crippen LogP contribution in [0.15, 0.2) is 51.9 Å². The van der Waals surface area contributed by atoms with Crippen LogP contribution in [0.5, 0.6) is 11.5 Å². The largest absolute Gasteiger partial charge is 0.490 e. The number of carbonyl (C=O) groups excluding carboxylic acids is 1. The molecule has 8 heteroatoms. The third kappa shape index (κ3) is 5.51. The van der Waals surface area contributed by atoms with Crippen molar-refractivity contribution in [1.29, 1.82) is 0 Å². The Morgan fingerprint density at radius 3 is 2.59 bits per heavy atom. The summed E-state index contributed by atoms with van der Waals surface area (Å²) in [6, 6.07) is 12.8. The van der Waals surface area contributed by atoms with Gasteiger partial charge in [-0.3, -0.25) is 4.79 Å². The van der Waals surface area contributed by atoms with Crippen molar-refractivity contribution >= 4 is 23.4 Å². The van der Waals surface area contributed by atoms with Gasteiger partial charge >= 0.3 is 0 Å². The predicted octanol–water partition coefficient (Wildman–Crippen LogP) is 4.72. The van der Waals surface area contributed by atoms with Crippen LogP contribution in [0.1, 0.15) is 35.9 Å². The number of amides is 1. The molecule has 2 aromatic carbocycles. The summed E-state index contributed by atoms with van der Waals surface area (Å²) in [6.45, 7) is 6.63. The molecule has 0 bridgehead atoms. The molecule has 0 aliphatic heterocycles. The van der Waals surface area contributed by atoms with Crippen molar-refractivity contribution in [3.05, 3.63) is 59.7 Å². The average molecular weight is 413 g/mol. The van der Waals surface area contributed by atoms with E-state index in [-0.39, 0.29) is 5.91 Å². The molecule has 1 N–H and O–H groups in total. The van der Waals surface area contributed by atoms with E-state index in [0.717, 1.165) is 4.90 Å². The fourth-order valence-corrected chi connectivity index (χ4v) is 3.53. The number of nitrogens with zero attached hydrogens (tertiary/aromatic N) is 2. The van der Waals surface area contributed by atoms with Gasteiger partial charge in [0.05, 0.1) is 24.5 Å². The summed E-state index contributed by atoms with van der Waals surface area (Å²) in [5.74, 6) is 2.65. The molecule has 0 saturated carbocycles. The molecule has 0 saturated heterocycles. The van der Waals surface area contributed by atoms with E-state index < -0.39 is 0 Å². The third-order valence-electron chi connectivity index (χ3n) is 3.85. The zero-order valence-electron chi connectivity index (χ0n) is 16.6. The average Bonchev–Trinajstić information content (AvgIpc) is 3.14. The van der Waals surface area contributed by atoms with Gasteiger partial charge in [0, 0.05) is 16.6 Å². The molecular formula is C21H23N3O4S. The zero-order valence-corrected chi connectivity index (χ0v) is 17.4. The lowest BCUT2D eigenvalue weighted by molar-refractivity contribution is 0.102. The summed E-state index contributed by atoms with van der Waals surface area (Å²) in [5, 5.41) is 6.71. The van der Waals surface area contributed by atoms with E-state index in [1.807, 2.05) is 32.0 Å². The Balaban J connectivity index is 1.74. The molecule has 3 aromatic rings. The van der Waals surface area contributed by atoms with Gasteiger partial charge in [0.25, 0.3) is 5.91 Å². The quantitative estimate of drug-likeness (QED) is 0.508. The molecule has 1 amide bonds. The Hall–Kier alpha value is -3.00. The SMILES string of the molecule is CCOc1ccc(NC(=O)c2ccccc2SCc2nc(C)no2)cc1OCC. The van der Waals surface area contributed by atoms with Gasteiger partial charge in [0.15, 0.2) is 17.3 Å². The minimum atomic E-state index is -0.207. The number of benzene rings is 2. The summed E-state index contributed by atoms with van der Waals surface area (Å²) in [5.41, 5.74) is 1.20. The number of carbonyl (C=O) groups is 1. The number of hydrogen-bond acceptors (Lipinski definition) is 7. The van der Waals surface area contributed by atoms with Crippen LogP contribution < -0.4 is 14.8 Å². The molecular weight excluding hydrogens is 390 g/mol. The topological polar surface area (TPSA) is 86.5 Å². The fraction of sp³-hybridized carbons (Fsp3) is 0.286. The molecule has 29 heavy (non-hydrogen) atoms. The molecule has 0 fully saturated rings. The van der Waals surface area contributed by atoms with Crippen LogP contribution in [0.3, 0.4) is 0 Å². The number of ether oxygens (including phenoxy) is 2. The van der Waals surface area contributed by atoms with Gasteiger partial charge in [0.1, 0.15) is 0 Å². The second kappa shape index (κ2) is 9.97. The Morgan fingerprint density at radius 2 is 1.86 bits per heavy atom. The fourth-order valence-electron chi connectivity index (χ4n) is 2.65. The van der Waals surface area contributed by atoms with Crippen molar-refractivity contribution in [2.24, 2.45) is 0 Å². The second-order valence-corrected chi connectivity index (χ2v) is 7.02. The van der Waals surface area contributed by atoms with Gasteiger partial charge in [-0.25, -0.2) is 0 Å².